The van der Waals surface area contributed by atoms with E-state index in [-0.39, 0.29) is 53.8 Å². The van der Waals surface area contributed by atoms with E-state index in [1.165, 1.54) is 6.92 Å². The zero-order valence-corrected chi connectivity index (χ0v) is 24.0. The highest BCUT2D eigenvalue weighted by molar-refractivity contribution is 5.79. The SMILES string of the molecule is CC(=O)OC1CC[C@H]2CC1[C@H](CC1CCC(O)CC1)C(=O)N1CCCCNCCCN[C@@H]2CC(=O)NCCC1. The average molecular weight is 549 g/mol. The van der Waals surface area contributed by atoms with Crippen molar-refractivity contribution in [1.29, 1.82) is 0 Å². The number of amides is 2. The molecule has 2 amide bonds. The van der Waals surface area contributed by atoms with Crippen molar-refractivity contribution in [2.45, 2.75) is 109 Å². The molecule has 2 saturated carbocycles. The van der Waals surface area contributed by atoms with Gasteiger partial charge in [-0.1, -0.05) is 0 Å². The van der Waals surface area contributed by atoms with Gasteiger partial charge in [-0.05, 0) is 109 Å². The van der Waals surface area contributed by atoms with Crippen molar-refractivity contribution >= 4 is 17.8 Å². The minimum absolute atomic E-state index is 0.0381. The second-order valence-corrected chi connectivity index (χ2v) is 12.5. The Hall–Kier alpha value is -1.71. The Kier molecular flexibility index (Phi) is 11.9. The summed E-state index contributed by atoms with van der Waals surface area (Å²) in [5.41, 5.74) is 0. The summed E-state index contributed by atoms with van der Waals surface area (Å²) in [7, 11) is 0. The molecule has 0 aromatic carbocycles. The highest BCUT2D eigenvalue weighted by atomic mass is 16.5. The van der Waals surface area contributed by atoms with E-state index < -0.39 is 0 Å². The predicted molar refractivity (Wildman–Crippen MR) is 150 cm³/mol. The molecule has 9 nitrogen and oxygen atoms in total. The molecule has 222 valence electrons. The number of nitrogens with one attached hydrogen (secondary N) is 3. The van der Waals surface area contributed by atoms with Crippen LogP contribution in [-0.4, -0.2) is 85.3 Å². The van der Waals surface area contributed by atoms with E-state index in [2.05, 4.69) is 16.0 Å². The number of carbonyl (C=O) groups is 3. The Morgan fingerprint density at radius 2 is 1.72 bits per heavy atom. The number of esters is 1. The van der Waals surface area contributed by atoms with E-state index in [4.69, 9.17) is 4.74 Å². The zero-order chi connectivity index (χ0) is 27.6. The van der Waals surface area contributed by atoms with Gasteiger partial charge in [0, 0.05) is 50.9 Å². The van der Waals surface area contributed by atoms with Gasteiger partial charge in [-0.15, -0.1) is 0 Å². The number of carbonyl (C=O) groups excluding carboxylic acids is 3. The maximum absolute atomic E-state index is 14.5. The highest BCUT2D eigenvalue weighted by Crippen LogP contribution is 2.43. The van der Waals surface area contributed by atoms with Crippen LogP contribution < -0.4 is 16.0 Å². The van der Waals surface area contributed by atoms with Gasteiger partial charge < -0.3 is 30.7 Å². The number of rotatable bonds is 3. The van der Waals surface area contributed by atoms with E-state index >= 15 is 0 Å². The van der Waals surface area contributed by atoms with E-state index in [9.17, 15) is 19.5 Å². The Balaban J connectivity index is 1.68. The van der Waals surface area contributed by atoms with E-state index in [1.54, 1.807) is 0 Å². The van der Waals surface area contributed by atoms with Crippen molar-refractivity contribution in [3.63, 3.8) is 0 Å². The highest BCUT2D eigenvalue weighted by Gasteiger charge is 2.44. The lowest BCUT2D eigenvalue weighted by Gasteiger charge is -2.44. The van der Waals surface area contributed by atoms with Gasteiger partial charge in [-0.3, -0.25) is 14.4 Å². The first kappa shape index (κ1) is 30.3. The van der Waals surface area contributed by atoms with Crippen molar-refractivity contribution in [1.82, 2.24) is 20.9 Å². The maximum atomic E-state index is 14.5. The first-order chi connectivity index (χ1) is 18.9. The Bertz CT molecular complexity index is 802. The summed E-state index contributed by atoms with van der Waals surface area (Å²) in [4.78, 5) is 41.7. The number of ether oxygens (including phenoxy) is 1. The first-order valence-electron chi connectivity index (χ1n) is 15.8. The summed E-state index contributed by atoms with van der Waals surface area (Å²) < 4.78 is 5.93. The van der Waals surface area contributed by atoms with Crippen molar-refractivity contribution < 1.29 is 24.2 Å². The van der Waals surface area contributed by atoms with E-state index in [1.807, 2.05) is 4.90 Å². The van der Waals surface area contributed by atoms with Crippen molar-refractivity contribution in [2.75, 3.05) is 39.3 Å². The van der Waals surface area contributed by atoms with E-state index in [0.717, 1.165) is 96.7 Å². The molecule has 2 saturated heterocycles. The third-order valence-corrected chi connectivity index (χ3v) is 9.61. The third kappa shape index (κ3) is 9.15. The molecule has 39 heavy (non-hydrogen) atoms. The van der Waals surface area contributed by atoms with Crippen LogP contribution in [0.4, 0.5) is 0 Å². The van der Waals surface area contributed by atoms with Crippen LogP contribution in [0.3, 0.4) is 0 Å². The molecule has 4 N–H and O–H groups in total. The van der Waals surface area contributed by atoms with Gasteiger partial charge in [-0.25, -0.2) is 0 Å². The van der Waals surface area contributed by atoms with Gasteiger partial charge in [0.05, 0.1) is 6.10 Å². The molecule has 0 radical (unpaired) electrons. The summed E-state index contributed by atoms with van der Waals surface area (Å²) in [6.07, 6.45) is 10.3. The van der Waals surface area contributed by atoms with Crippen LogP contribution in [0.1, 0.15) is 90.4 Å². The molecule has 2 heterocycles. The summed E-state index contributed by atoms with van der Waals surface area (Å²) >= 11 is 0. The van der Waals surface area contributed by atoms with Gasteiger partial charge in [0.1, 0.15) is 6.10 Å². The number of fused-ring (bicyclic) bond motifs is 2. The monoisotopic (exact) mass is 548 g/mol. The number of hydrogen-bond donors (Lipinski definition) is 4. The van der Waals surface area contributed by atoms with Gasteiger partial charge in [0.2, 0.25) is 11.8 Å². The second kappa shape index (κ2) is 15.3. The topological polar surface area (TPSA) is 120 Å². The molecular formula is C30H52N4O5. The summed E-state index contributed by atoms with van der Waals surface area (Å²) in [5, 5.41) is 20.5. The molecule has 4 aliphatic rings. The number of aliphatic hydroxyl groups excluding tert-OH is 1. The van der Waals surface area contributed by atoms with Crippen LogP contribution in [0.25, 0.3) is 0 Å². The smallest absolute Gasteiger partial charge is 0.302 e. The lowest BCUT2D eigenvalue weighted by Crippen LogP contribution is -2.50. The van der Waals surface area contributed by atoms with Crippen molar-refractivity contribution in [2.24, 2.45) is 23.7 Å². The molecule has 0 aromatic rings. The van der Waals surface area contributed by atoms with Crippen LogP contribution in [-0.2, 0) is 19.1 Å². The lowest BCUT2D eigenvalue weighted by molar-refractivity contribution is -0.158. The first-order valence-corrected chi connectivity index (χ1v) is 15.8. The summed E-state index contributed by atoms with van der Waals surface area (Å²) in [5.74, 6) is 0.345. The molecule has 0 spiro atoms. The number of aliphatic hydroxyl groups is 1. The average Bonchev–Trinajstić information content (AvgIpc) is 2.92. The van der Waals surface area contributed by atoms with Gasteiger partial charge in [-0.2, -0.15) is 0 Å². The van der Waals surface area contributed by atoms with Crippen LogP contribution >= 0.6 is 0 Å². The summed E-state index contributed by atoms with van der Waals surface area (Å²) in [6, 6.07) is 0.0381. The van der Waals surface area contributed by atoms with Gasteiger partial charge in [0.25, 0.3) is 0 Å². The third-order valence-electron chi connectivity index (χ3n) is 9.61. The molecule has 2 aliphatic heterocycles. The Morgan fingerprint density at radius 3 is 2.51 bits per heavy atom. The molecule has 9 heteroatoms. The molecule has 5 atom stereocenters. The minimum Gasteiger partial charge on any atom is -0.462 e. The number of nitrogens with zero attached hydrogens (tertiary/aromatic N) is 1. The number of hydrogen-bond acceptors (Lipinski definition) is 7. The quantitative estimate of drug-likeness (QED) is 0.400. The van der Waals surface area contributed by atoms with Gasteiger partial charge >= 0.3 is 5.97 Å². The fraction of sp³-hybridized carbons (Fsp3) is 0.900. The van der Waals surface area contributed by atoms with Crippen LogP contribution in [0, 0.1) is 23.7 Å². The van der Waals surface area contributed by atoms with Gasteiger partial charge in [0.15, 0.2) is 0 Å². The fourth-order valence-corrected chi connectivity index (χ4v) is 7.48. The standard InChI is InChI=1S/C30H52N4O5/c1-21(35)39-28-11-8-23-19-25(28)26(18-22-6-9-24(36)10-7-22)30(38)34-16-3-2-12-31-13-4-14-32-27(23)20-29(37)33-15-5-17-34/h22-28,31-32,36H,2-20H2,1H3,(H,33,37)/t22?,23-,24?,25?,26-,27+,28?/m0/s1. The summed E-state index contributed by atoms with van der Waals surface area (Å²) in [6.45, 7) is 6.12. The minimum atomic E-state index is -0.283. The van der Waals surface area contributed by atoms with Crippen molar-refractivity contribution in [3.05, 3.63) is 0 Å². The molecule has 0 aromatic heterocycles. The molecule has 4 fully saturated rings. The molecular weight excluding hydrogens is 496 g/mol. The lowest BCUT2D eigenvalue weighted by atomic mass is 9.67. The maximum Gasteiger partial charge on any atom is 0.302 e. The molecule has 2 aliphatic carbocycles. The zero-order valence-electron chi connectivity index (χ0n) is 24.0. The van der Waals surface area contributed by atoms with Crippen LogP contribution in [0.15, 0.2) is 0 Å². The van der Waals surface area contributed by atoms with Crippen LogP contribution in [0.5, 0.6) is 0 Å². The Labute approximate surface area is 234 Å². The van der Waals surface area contributed by atoms with E-state index in [0.29, 0.717) is 32.0 Å². The second-order valence-electron chi connectivity index (χ2n) is 12.5. The molecule has 2 unspecified atom stereocenters. The van der Waals surface area contributed by atoms with Crippen LogP contribution in [0.2, 0.25) is 0 Å². The van der Waals surface area contributed by atoms with Crippen molar-refractivity contribution in [3.8, 4) is 0 Å². The predicted octanol–water partition coefficient (Wildman–Crippen LogP) is 2.36. The molecule has 4 rings (SSSR count). The largest absolute Gasteiger partial charge is 0.462 e. The normalized spacial score (nSPS) is 36.2. The fourth-order valence-electron chi connectivity index (χ4n) is 7.48. The molecule has 4 bridgehead atoms. The Morgan fingerprint density at radius 1 is 0.949 bits per heavy atom.